The summed E-state index contributed by atoms with van der Waals surface area (Å²) >= 11 is 0. The van der Waals surface area contributed by atoms with Crippen molar-refractivity contribution in [1.29, 1.82) is 0 Å². The first-order chi connectivity index (χ1) is 6.68. The van der Waals surface area contributed by atoms with Crippen LogP contribution >= 0.6 is 0 Å². The van der Waals surface area contributed by atoms with Crippen molar-refractivity contribution in [3.8, 4) is 0 Å². The van der Waals surface area contributed by atoms with Gasteiger partial charge >= 0.3 is 6.09 Å². The van der Waals surface area contributed by atoms with E-state index in [-0.39, 0.29) is 12.5 Å². The standard InChI is InChI=1S/C8H15N3O3/c12-7(6-9-8(13)14)10-11-4-2-1-3-5-11/h9H,1-6H2,(H,10,12)(H,13,14). The van der Waals surface area contributed by atoms with Crippen molar-refractivity contribution < 1.29 is 14.7 Å². The van der Waals surface area contributed by atoms with Gasteiger partial charge in [0, 0.05) is 13.1 Å². The van der Waals surface area contributed by atoms with Gasteiger partial charge in [0.15, 0.2) is 0 Å². The fraction of sp³-hybridized carbons (Fsp3) is 0.750. The number of rotatable bonds is 3. The molecule has 1 saturated heterocycles. The summed E-state index contributed by atoms with van der Waals surface area (Å²) in [6.07, 6.45) is 2.16. The van der Waals surface area contributed by atoms with Gasteiger partial charge in [-0.05, 0) is 12.8 Å². The highest BCUT2D eigenvalue weighted by Crippen LogP contribution is 2.05. The number of piperidine rings is 1. The van der Waals surface area contributed by atoms with Gasteiger partial charge in [-0.25, -0.2) is 9.80 Å². The molecule has 80 valence electrons. The number of hydrogen-bond acceptors (Lipinski definition) is 3. The lowest BCUT2D eigenvalue weighted by atomic mass is 10.2. The molecule has 1 aliphatic heterocycles. The van der Waals surface area contributed by atoms with Crippen molar-refractivity contribution in [3.63, 3.8) is 0 Å². The minimum atomic E-state index is -1.18. The van der Waals surface area contributed by atoms with Gasteiger partial charge < -0.3 is 10.4 Å². The van der Waals surface area contributed by atoms with E-state index in [1.54, 1.807) is 0 Å². The van der Waals surface area contributed by atoms with Crippen LogP contribution in [-0.2, 0) is 4.79 Å². The summed E-state index contributed by atoms with van der Waals surface area (Å²) in [6, 6.07) is 0. The molecule has 0 atom stereocenters. The molecular formula is C8H15N3O3. The minimum absolute atomic E-state index is 0.189. The van der Waals surface area contributed by atoms with E-state index in [4.69, 9.17) is 5.11 Å². The Balaban J connectivity index is 2.15. The average molecular weight is 201 g/mol. The molecular weight excluding hydrogens is 186 g/mol. The van der Waals surface area contributed by atoms with E-state index < -0.39 is 6.09 Å². The average Bonchev–Trinajstić information content (AvgIpc) is 2.16. The summed E-state index contributed by atoms with van der Waals surface area (Å²) < 4.78 is 0. The lowest BCUT2D eigenvalue weighted by molar-refractivity contribution is -0.125. The first kappa shape index (κ1) is 10.8. The molecule has 6 nitrogen and oxygen atoms in total. The molecule has 0 aromatic rings. The fourth-order valence-corrected chi connectivity index (χ4v) is 1.38. The minimum Gasteiger partial charge on any atom is -0.465 e. The third-order valence-electron chi connectivity index (χ3n) is 2.04. The SMILES string of the molecule is O=C(O)NCC(=O)NN1CCCCC1. The maximum absolute atomic E-state index is 11.1. The quantitative estimate of drug-likeness (QED) is 0.589. The number of amides is 2. The molecule has 0 radical (unpaired) electrons. The number of nitrogens with one attached hydrogen (secondary N) is 2. The maximum Gasteiger partial charge on any atom is 0.405 e. The molecule has 14 heavy (non-hydrogen) atoms. The van der Waals surface area contributed by atoms with Crippen LogP contribution in [0.4, 0.5) is 4.79 Å². The first-order valence-electron chi connectivity index (χ1n) is 4.70. The molecule has 0 spiro atoms. The summed E-state index contributed by atoms with van der Waals surface area (Å²) in [5, 5.41) is 12.1. The van der Waals surface area contributed by atoms with Gasteiger partial charge in [-0.15, -0.1) is 0 Å². The molecule has 1 aliphatic rings. The number of hydrogen-bond donors (Lipinski definition) is 3. The van der Waals surface area contributed by atoms with E-state index in [1.807, 2.05) is 10.3 Å². The predicted octanol–water partition coefficient (Wildman–Crippen LogP) is -0.229. The number of carbonyl (C=O) groups excluding carboxylic acids is 1. The Hall–Kier alpha value is -1.30. The highest BCUT2D eigenvalue weighted by atomic mass is 16.4. The van der Waals surface area contributed by atoms with Crippen molar-refractivity contribution in [3.05, 3.63) is 0 Å². The predicted molar refractivity (Wildman–Crippen MR) is 49.6 cm³/mol. The van der Waals surface area contributed by atoms with Gasteiger partial charge in [0.25, 0.3) is 5.91 Å². The maximum atomic E-state index is 11.1. The van der Waals surface area contributed by atoms with E-state index in [9.17, 15) is 9.59 Å². The normalized spacial score (nSPS) is 17.4. The van der Waals surface area contributed by atoms with E-state index in [0.29, 0.717) is 0 Å². The Labute approximate surface area is 82.2 Å². The zero-order valence-corrected chi connectivity index (χ0v) is 7.95. The Morgan fingerprint density at radius 3 is 2.43 bits per heavy atom. The Kier molecular flexibility index (Phi) is 4.18. The molecule has 0 bridgehead atoms. The van der Waals surface area contributed by atoms with Crippen LogP contribution in [0.3, 0.4) is 0 Å². The number of carboxylic acid groups (broad SMARTS) is 1. The van der Waals surface area contributed by atoms with Crippen molar-refractivity contribution in [1.82, 2.24) is 15.8 Å². The van der Waals surface area contributed by atoms with Gasteiger partial charge in [0.05, 0.1) is 0 Å². The van der Waals surface area contributed by atoms with Gasteiger partial charge in [-0.3, -0.25) is 10.2 Å². The summed E-state index contributed by atoms with van der Waals surface area (Å²) in [5.41, 5.74) is 2.64. The Bertz CT molecular complexity index is 214. The number of nitrogens with zero attached hydrogens (tertiary/aromatic N) is 1. The molecule has 1 heterocycles. The monoisotopic (exact) mass is 201 g/mol. The van der Waals surface area contributed by atoms with E-state index in [1.165, 1.54) is 6.42 Å². The lowest BCUT2D eigenvalue weighted by Crippen LogP contribution is -2.48. The third kappa shape index (κ3) is 4.08. The van der Waals surface area contributed by atoms with E-state index in [2.05, 4.69) is 5.43 Å². The largest absolute Gasteiger partial charge is 0.465 e. The second-order valence-electron chi connectivity index (χ2n) is 3.24. The molecule has 0 aromatic carbocycles. The summed E-state index contributed by atoms with van der Waals surface area (Å²) in [4.78, 5) is 21.2. The van der Waals surface area contributed by atoms with Crippen LogP contribution in [0.25, 0.3) is 0 Å². The van der Waals surface area contributed by atoms with Crippen LogP contribution in [0, 0.1) is 0 Å². The molecule has 3 N–H and O–H groups in total. The van der Waals surface area contributed by atoms with Crippen LogP contribution in [-0.4, -0.2) is 41.8 Å². The molecule has 0 unspecified atom stereocenters. The van der Waals surface area contributed by atoms with Gasteiger partial charge in [0.1, 0.15) is 6.54 Å². The zero-order chi connectivity index (χ0) is 10.4. The van der Waals surface area contributed by atoms with Crippen LogP contribution in [0.15, 0.2) is 0 Å². The molecule has 2 amide bonds. The topological polar surface area (TPSA) is 81.7 Å². The molecule has 0 aromatic heterocycles. The van der Waals surface area contributed by atoms with E-state index in [0.717, 1.165) is 25.9 Å². The van der Waals surface area contributed by atoms with E-state index >= 15 is 0 Å². The van der Waals surface area contributed by atoms with Gasteiger partial charge in [-0.1, -0.05) is 6.42 Å². The molecule has 0 aliphatic carbocycles. The Morgan fingerprint density at radius 2 is 1.86 bits per heavy atom. The first-order valence-corrected chi connectivity index (χ1v) is 4.70. The van der Waals surface area contributed by atoms with Gasteiger partial charge in [0.2, 0.25) is 0 Å². The smallest absolute Gasteiger partial charge is 0.405 e. The fourth-order valence-electron chi connectivity index (χ4n) is 1.38. The zero-order valence-electron chi connectivity index (χ0n) is 7.95. The second-order valence-corrected chi connectivity index (χ2v) is 3.24. The number of carbonyl (C=O) groups is 2. The van der Waals surface area contributed by atoms with Crippen molar-refractivity contribution in [2.24, 2.45) is 0 Å². The van der Waals surface area contributed by atoms with Gasteiger partial charge in [-0.2, -0.15) is 0 Å². The highest BCUT2D eigenvalue weighted by molar-refractivity contribution is 5.81. The molecule has 0 saturated carbocycles. The third-order valence-corrected chi connectivity index (χ3v) is 2.04. The highest BCUT2D eigenvalue weighted by Gasteiger charge is 2.12. The molecule has 1 fully saturated rings. The lowest BCUT2D eigenvalue weighted by Gasteiger charge is -2.26. The van der Waals surface area contributed by atoms with Crippen LogP contribution < -0.4 is 10.7 Å². The summed E-state index contributed by atoms with van der Waals surface area (Å²) in [7, 11) is 0. The molecule has 1 rings (SSSR count). The van der Waals surface area contributed by atoms with Crippen molar-refractivity contribution in [2.45, 2.75) is 19.3 Å². The Morgan fingerprint density at radius 1 is 1.21 bits per heavy atom. The summed E-state index contributed by atoms with van der Waals surface area (Å²) in [6.45, 7) is 1.50. The van der Waals surface area contributed by atoms with Crippen molar-refractivity contribution in [2.75, 3.05) is 19.6 Å². The second kappa shape index (κ2) is 5.43. The van der Waals surface area contributed by atoms with Crippen molar-refractivity contribution >= 4 is 12.0 Å². The van der Waals surface area contributed by atoms with Crippen LogP contribution in [0.1, 0.15) is 19.3 Å². The number of hydrazine groups is 1. The molecule has 6 heteroatoms. The van der Waals surface area contributed by atoms with Crippen LogP contribution in [0.2, 0.25) is 0 Å². The summed E-state index contributed by atoms with van der Waals surface area (Å²) in [5.74, 6) is -0.311. The van der Waals surface area contributed by atoms with Crippen LogP contribution in [0.5, 0.6) is 0 Å².